The second kappa shape index (κ2) is 18.5. The van der Waals surface area contributed by atoms with E-state index in [4.69, 9.17) is 0 Å². The first kappa shape index (κ1) is 40.1. The van der Waals surface area contributed by atoms with Crippen molar-refractivity contribution in [3.05, 3.63) is 24.3 Å². The molecular formula is C33H51F2N7O6. The van der Waals surface area contributed by atoms with Crippen molar-refractivity contribution in [2.45, 2.75) is 118 Å². The summed E-state index contributed by atoms with van der Waals surface area (Å²) in [5.74, 6) is -4.98. The summed E-state index contributed by atoms with van der Waals surface area (Å²) in [4.78, 5) is 85.2. The molecule has 48 heavy (non-hydrogen) atoms. The quantitative estimate of drug-likeness (QED) is 0.155. The lowest BCUT2D eigenvalue weighted by molar-refractivity contribution is -0.141. The number of halogens is 2. The van der Waals surface area contributed by atoms with Crippen LogP contribution in [-0.2, 0) is 24.0 Å². The van der Waals surface area contributed by atoms with Gasteiger partial charge in [-0.05, 0) is 49.4 Å². The highest BCUT2D eigenvalue weighted by Crippen LogP contribution is 2.34. The number of hydrogen-bond acceptors (Lipinski definition) is 8. The highest BCUT2D eigenvalue weighted by molar-refractivity contribution is 6.38. The van der Waals surface area contributed by atoms with Crippen LogP contribution < -0.4 is 26.6 Å². The fraction of sp³-hybridized carbons (Fsp3) is 0.697. The van der Waals surface area contributed by atoms with Crippen molar-refractivity contribution in [3.8, 4) is 0 Å². The van der Waals surface area contributed by atoms with E-state index in [-0.39, 0.29) is 42.5 Å². The molecule has 268 valence electrons. The Hall–Kier alpha value is -4.04. The Kier molecular flexibility index (Phi) is 15.5. The number of carbonyl (C=O) groups excluding carboxylic acids is 6. The first-order valence-corrected chi connectivity index (χ1v) is 16.5. The minimum atomic E-state index is -2.91. The van der Waals surface area contributed by atoms with Crippen molar-refractivity contribution in [1.82, 2.24) is 36.6 Å². The fourth-order valence-corrected chi connectivity index (χ4v) is 5.52. The Morgan fingerprint density at radius 2 is 1.58 bits per heavy atom. The van der Waals surface area contributed by atoms with Gasteiger partial charge in [-0.2, -0.15) is 0 Å². The number of rotatable bonds is 17. The van der Waals surface area contributed by atoms with Gasteiger partial charge in [-0.3, -0.25) is 33.8 Å². The fourth-order valence-electron chi connectivity index (χ4n) is 5.52. The first-order valence-electron chi connectivity index (χ1n) is 16.5. The summed E-state index contributed by atoms with van der Waals surface area (Å²) in [5, 5.41) is 13.1. The van der Waals surface area contributed by atoms with Crippen LogP contribution in [0.1, 0.15) is 97.5 Å². The molecule has 6 atom stereocenters. The summed E-state index contributed by atoms with van der Waals surface area (Å²) >= 11 is 0. The number of carbonyl (C=O) groups is 6. The minimum absolute atomic E-state index is 0.0455. The SMILES string of the molecule is CC[C@H](C)NC(=O)C(=O)C(CC(F)F)NC(=O)C[C@H]1CCC[C@H]1CNC(=O)[C@@H](NC(=O)[C@H](NC(=O)c1cnccn1)C(C)C)C(C)(C)C. The van der Waals surface area contributed by atoms with Gasteiger partial charge in [0.05, 0.1) is 6.20 Å². The molecule has 0 spiro atoms. The van der Waals surface area contributed by atoms with Crippen LogP contribution in [0.4, 0.5) is 8.78 Å². The maximum Gasteiger partial charge on any atom is 0.289 e. The van der Waals surface area contributed by atoms with Gasteiger partial charge in [0.25, 0.3) is 11.8 Å². The summed E-state index contributed by atoms with van der Waals surface area (Å²) in [6.45, 7) is 12.6. The molecule has 0 aromatic carbocycles. The van der Waals surface area contributed by atoms with Gasteiger partial charge in [0, 0.05) is 37.8 Å². The van der Waals surface area contributed by atoms with E-state index in [0.717, 1.165) is 6.42 Å². The number of alkyl halides is 2. The molecule has 2 rings (SSSR count). The number of Topliss-reactive ketones (excluding diaryl/α,β-unsaturated/α-hetero) is 1. The Balaban J connectivity index is 2.04. The van der Waals surface area contributed by atoms with E-state index in [1.54, 1.807) is 48.5 Å². The molecule has 1 aromatic heterocycles. The highest BCUT2D eigenvalue weighted by Gasteiger charge is 2.38. The monoisotopic (exact) mass is 679 g/mol. The molecule has 0 saturated heterocycles. The standard InChI is InChI=1S/C33H51F2N7O6/c1-8-19(4)39-31(47)27(44)22(15-24(34)35)40-25(43)14-20-10-9-11-21(20)16-38-32(48)28(33(5,6)7)42-30(46)26(18(2)3)41-29(45)23-17-36-12-13-37-23/h12-13,17-22,24,26,28H,8-11,14-16H2,1-7H3,(H,38,48)(H,39,47)(H,40,43)(H,41,45)(H,42,46)/t19-,20+,21-,22?,26+,28+/m0/s1. The Morgan fingerprint density at radius 1 is 0.917 bits per heavy atom. The zero-order valence-electron chi connectivity index (χ0n) is 28.9. The molecule has 1 aliphatic carbocycles. The van der Waals surface area contributed by atoms with Crippen molar-refractivity contribution >= 4 is 35.3 Å². The largest absolute Gasteiger partial charge is 0.354 e. The zero-order chi connectivity index (χ0) is 36.2. The molecule has 5 N–H and O–H groups in total. The van der Waals surface area contributed by atoms with E-state index in [1.165, 1.54) is 18.6 Å². The molecule has 0 aliphatic heterocycles. The van der Waals surface area contributed by atoms with Gasteiger partial charge in [0.2, 0.25) is 29.9 Å². The van der Waals surface area contributed by atoms with E-state index in [9.17, 15) is 37.5 Å². The van der Waals surface area contributed by atoms with E-state index >= 15 is 0 Å². The van der Waals surface area contributed by atoms with Crippen molar-refractivity contribution in [2.24, 2.45) is 23.2 Å². The number of nitrogens with one attached hydrogen (secondary N) is 5. The number of aromatic nitrogens is 2. The Morgan fingerprint density at radius 3 is 2.15 bits per heavy atom. The van der Waals surface area contributed by atoms with E-state index in [0.29, 0.717) is 19.3 Å². The topological polar surface area (TPSA) is 188 Å². The molecule has 1 unspecified atom stereocenters. The minimum Gasteiger partial charge on any atom is -0.354 e. The van der Waals surface area contributed by atoms with E-state index in [1.807, 2.05) is 0 Å². The summed E-state index contributed by atoms with van der Waals surface area (Å²) < 4.78 is 26.5. The molecule has 0 radical (unpaired) electrons. The summed E-state index contributed by atoms with van der Waals surface area (Å²) in [6.07, 6.45) is 2.77. The Labute approximate surface area is 280 Å². The van der Waals surface area contributed by atoms with Gasteiger partial charge in [-0.1, -0.05) is 48.0 Å². The van der Waals surface area contributed by atoms with Crippen molar-refractivity contribution in [1.29, 1.82) is 0 Å². The summed E-state index contributed by atoms with van der Waals surface area (Å²) in [7, 11) is 0. The number of hydrogen-bond donors (Lipinski definition) is 5. The van der Waals surface area contributed by atoms with Gasteiger partial charge < -0.3 is 26.6 Å². The first-order chi connectivity index (χ1) is 22.4. The van der Waals surface area contributed by atoms with Crippen LogP contribution in [0.25, 0.3) is 0 Å². The number of ketones is 1. The van der Waals surface area contributed by atoms with Gasteiger partial charge in [-0.15, -0.1) is 0 Å². The molecule has 1 fully saturated rings. The normalized spacial score (nSPS) is 18.7. The third-order valence-corrected chi connectivity index (χ3v) is 8.53. The number of amides is 5. The second-order valence-corrected chi connectivity index (χ2v) is 13.9. The van der Waals surface area contributed by atoms with E-state index in [2.05, 4.69) is 36.6 Å². The second-order valence-electron chi connectivity index (χ2n) is 13.9. The van der Waals surface area contributed by atoms with Crippen LogP contribution >= 0.6 is 0 Å². The van der Waals surface area contributed by atoms with Crippen LogP contribution in [0.15, 0.2) is 18.6 Å². The zero-order valence-corrected chi connectivity index (χ0v) is 28.9. The van der Waals surface area contributed by atoms with E-state index < -0.39 is 71.7 Å². The molecule has 13 nitrogen and oxygen atoms in total. The average molecular weight is 680 g/mol. The molecule has 1 saturated carbocycles. The van der Waals surface area contributed by atoms with Gasteiger partial charge >= 0.3 is 0 Å². The molecule has 0 bridgehead atoms. The predicted molar refractivity (Wildman–Crippen MR) is 173 cm³/mol. The third kappa shape index (κ3) is 12.5. The molecule has 1 heterocycles. The third-order valence-electron chi connectivity index (χ3n) is 8.53. The Bertz CT molecular complexity index is 1270. The lowest BCUT2D eigenvalue weighted by Gasteiger charge is -2.33. The van der Waals surface area contributed by atoms with Crippen LogP contribution in [-0.4, -0.2) is 82.4 Å². The maximum atomic E-state index is 13.5. The van der Waals surface area contributed by atoms with Crippen LogP contribution in [0.3, 0.4) is 0 Å². The van der Waals surface area contributed by atoms with Gasteiger partial charge in [-0.25, -0.2) is 13.8 Å². The average Bonchev–Trinajstić information content (AvgIpc) is 3.45. The van der Waals surface area contributed by atoms with Crippen molar-refractivity contribution in [2.75, 3.05) is 6.54 Å². The van der Waals surface area contributed by atoms with Crippen molar-refractivity contribution in [3.63, 3.8) is 0 Å². The van der Waals surface area contributed by atoms with Gasteiger partial charge in [0.15, 0.2) is 0 Å². The molecule has 15 heteroatoms. The number of nitrogens with zero attached hydrogens (tertiary/aromatic N) is 2. The maximum absolute atomic E-state index is 13.5. The lowest BCUT2D eigenvalue weighted by Crippen LogP contribution is -2.59. The molecule has 1 aliphatic rings. The van der Waals surface area contributed by atoms with Crippen LogP contribution in [0, 0.1) is 23.2 Å². The van der Waals surface area contributed by atoms with Crippen molar-refractivity contribution < 1.29 is 37.5 Å². The lowest BCUT2D eigenvalue weighted by atomic mass is 9.85. The molecule has 1 aromatic rings. The van der Waals surface area contributed by atoms with Gasteiger partial charge in [0.1, 0.15) is 23.8 Å². The van der Waals surface area contributed by atoms with Crippen LogP contribution in [0.5, 0.6) is 0 Å². The van der Waals surface area contributed by atoms with Crippen LogP contribution in [0.2, 0.25) is 0 Å². The smallest absolute Gasteiger partial charge is 0.289 e. The highest BCUT2D eigenvalue weighted by atomic mass is 19.3. The molecular weight excluding hydrogens is 628 g/mol. The predicted octanol–water partition coefficient (Wildman–Crippen LogP) is 2.31. The summed E-state index contributed by atoms with van der Waals surface area (Å²) in [6, 6.07) is -3.92. The summed E-state index contributed by atoms with van der Waals surface area (Å²) in [5.41, 5.74) is -0.664. The molecule has 5 amide bonds.